The molecule has 0 aliphatic rings. The van der Waals surface area contributed by atoms with Crippen LogP contribution in [0.4, 0.5) is 0 Å². The van der Waals surface area contributed by atoms with Crippen LogP contribution in [0.5, 0.6) is 0 Å². The molecule has 0 unspecified atom stereocenters. The summed E-state index contributed by atoms with van der Waals surface area (Å²) in [5.74, 6) is 0.879. The van der Waals surface area contributed by atoms with Crippen LogP contribution in [0.25, 0.3) is 0 Å². The van der Waals surface area contributed by atoms with Gasteiger partial charge in [-0.15, -0.1) is 0 Å². The fourth-order valence-corrected chi connectivity index (χ4v) is 0.981. The zero-order chi connectivity index (χ0) is 9.90. The average Bonchev–Trinajstić information content (AvgIpc) is 2.02. The van der Waals surface area contributed by atoms with E-state index in [9.17, 15) is 0 Å². The second kappa shape index (κ2) is 3.90. The van der Waals surface area contributed by atoms with E-state index in [1.807, 2.05) is 0 Å². The Morgan fingerprint density at radius 3 is 2.23 bits per heavy atom. The second-order valence-corrected chi connectivity index (χ2v) is 4.49. The molecule has 0 spiro atoms. The lowest BCUT2D eigenvalue weighted by atomic mass is 9.90. The number of aromatic nitrogens is 2. The fraction of sp³-hybridized carbons (Fsp3) is 0.600. The highest BCUT2D eigenvalue weighted by Gasteiger charge is 2.10. The summed E-state index contributed by atoms with van der Waals surface area (Å²) in [5, 5.41) is 0. The van der Waals surface area contributed by atoms with Crippen molar-refractivity contribution in [3.05, 3.63) is 18.2 Å². The quantitative estimate of drug-likeness (QED) is 0.630. The standard InChI is InChI=1S/C10H15BN2/c1-10(2,3)5-4-9-12-6-8(11)7-13-9/h6-7H,4-5H2,1-3H3. The van der Waals surface area contributed by atoms with Crippen molar-refractivity contribution in [2.75, 3.05) is 0 Å². The number of nitrogens with zero attached hydrogens (tertiary/aromatic N) is 2. The molecule has 0 saturated carbocycles. The van der Waals surface area contributed by atoms with Crippen LogP contribution in [0, 0.1) is 5.41 Å². The number of rotatable bonds is 2. The molecular formula is C10H15BN2. The van der Waals surface area contributed by atoms with Gasteiger partial charge in [-0.05, 0) is 11.8 Å². The Balaban J connectivity index is 2.51. The van der Waals surface area contributed by atoms with Crippen molar-refractivity contribution < 1.29 is 0 Å². The van der Waals surface area contributed by atoms with Crippen LogP contribution in [-0.2, 0) is 6.42 Å². The van der Waals surface area contributed by atoms with Crippen molar-refractivity contribution in [1.29, 1.82) is 0 Å². The van der Waals surface area contributed by atoms with Crippen molar-refractivity contribution in [3.63, 3.8) is 0 Å². The second-order valence-electron chi connectivity index (χ2n) is 4.49. The lowest BCUT2D eigenvalue weighted by Gasteiger charge is -2.16. The Kier molecular flexibility index (Phi) is 3.07. The van der Waals surface area contributed by atoms with Gasteiger partial charge >= 0.3 is 0 Å². The van der Waals surface area contributed by atoms with E-state index >= 15 is 0 Å². The predicted octanol–water partition coefficient (Wildman–Crippen LogP) is 1.25. The third-order valence-electron chi connectivity index (χ3n) is 1.82. The van der Waals surface area contributed by atoms with E-state index < -0.39 is 0 Å². The molecule has 1 aromatic rings. The highest BCUT2D eigenvalue weighted by Crippen LogP contribution is 2.19. The van der Waals surface area contributed by atoms with E-state index in [2.05, 4.69) is 30.7 Å². The summed E-state index contributed by atoms with van der Waals surface area (Å²) in [6, 6.07) is 0. The first-order valence-electron chi connectivity index (χ1n) is 4.54. The molecule has 1 rings (SSSR count). The Morgan fingerprint density at radius 2 is 1.77 bits per heavy atom. The Bertz CT molecular complexity index is 261. The maximum atomic E-state index is 5.48. The first-order chi connectivity index (χ1) is 5.97. The molecule has 0 N–H and O–H groups in total. The summed E-state index contributed by atoms with van der Waals surface area (Å²) in [6.45, 7) is 6.64. The van der Waals surface area contributed by atoms with Gasteiger partial charge in [0.15, 0.2) is 0 Å². The number of aryl methyl sites for hydroxylation is 1. The smallest absolute Gasteiger partial charge is 0.128 e. The van der Waals surface area contributed by atoms with Crippen LogP contribution in [0.15, 0.2) is 12.4 Å². The van der Waals surface area contributed by atoms with Gasteiger partial charge in [0.1, 0.15) is 13.7 Å². The molecule has 1 heterocycles. The molecule has 68 valence electrons. The third kappa shape index (κ3) is 4.06. The Hall–Kier alpha value is -0.855. The zero-order valence-electron chi connectivity index (χ0n) is 8.54. The molecular weight excluding hydrogens is 159 g/mol. The number of hydrogen-bond donors (Lipinski definition) is 0. The summed E-state index contributed by atoms with van der Waals surface area (Å²) < 4.78 is 0. The molecule has 3 heteroatoms. The van der Waals surface area contributed by atoms with Crippen molar-refractivity contribution in [2.45, 2.75) is 33.6 Å². The van der Waals surface area contributed by atoms with Gasteiger partial charge in [0.05, 0.1) is 0 Å². The van der Waals surface area contributed by atoms with Crippen LogP contribution < -0.4 is 5.46 Å². The maximum absolute atomic E-state index is 5.48. The molecule has 1 aromatic heterocycles. The monoisotopic (exact) mass is 174 g/mol. The molecule has 0 amide bonds. The summed E-state index contributed by atoms with van der Waals surface area (Å²) in [5.41, 5.74) is 0.963. The van der Waals surface area contributed by atoms with E-state index in [0.29, 0.717) is 10.9 Å². The van der Waals surface area contributed by atoms with Crippen molar-refractivity contribution >= 4 is 13.3 Å². The lowest BCUT2D eigenvalue weighted by molar-refractivity contribution is 0.374. The van der Waals surface area contributed by atoms with Crippen molar-refractivity contribution in [2.24, 2.45) is 5.41 Å². The molecule has 2 radical (unpaired) electrons. The Labute approximate surface area is 81.2 Å². The van der Waals surface area contributed by atoms with Crippen LogP contribution in [-0.4, -0.2) is 17.8 Å². The highest BCUT2D eigenvalue weighted by molar-refractivity contribution is 6.31. The Morgan fingerprint density at radius 1 is 1.23 bits per heavy atom. The van der Waals surface area contributed by atoms with Crippen LogP contribution >= 0.6 is 0 Å². The largest absolute Gasteiger partial charge is 0.242 e. The minimum atomic E-state index is 0.338. The first kappa shape index (κ1) is 10.2. The minimum Gasteiger partial charge on any atom is -0.242 e. The van der Waals surface area contributed by atoms with Gasteiger partial charge in [0.2, 0.25) is 0 Å². The maximum Gasteiger partial charge on any atom is 0.128 e. The van der Waals surface area contributed by atoms with Gasteiger partial charge in [-0.3, -0.25) is 0 Å². The normalized spacial score (nSPS) is 11.6. The first-order valence-corrected chi connectivity index (χ1v) is 4.54. The van der Waals surface area contributed by atoms with E-state index in [4.69, 9.17) is 7.85 Å². The van der Waals surface area contributed by atoms with Crippen molar-refractivity contribution in [1.82, 2.24) is 9.97 Å². The van der Waals surface area contributed by atoms with Crippen LogP contribution in [0.2, 0.25) is 0 Å². The molecule has 0 fully saturated rings. The van der Waals surface area contributed by atoms with Crippen LogP contribution in [0.1, 0.15) is 33.0 Å². The zero-order valence-corrected chi connectivity index (χ0v) is 8.54. The molecule has 0 atom stereocenters. The molecule has 0 aliphatic carbocycles. The van der Waals surface area contributed by atoms with Gasteiger partial charge < -0.3 is 0 Å². The van der Waals surface area contributed by atoms with E-state index in [0.717, 1.165) is 18.7 Å². The average molecular weight is 174 g/mol. The molecule has 0 saturated heterocycles. The van der Waals surface area contributed by atoms with E-state index in [1.54, 1.807) is 12.4 Å². The minimum absolute atomic E-state index is 0.338. The van der Waals surface area contributed by atoms with Gasteiger partial charge in [-0.1, -0.05) is 26.2 Å². The van der Waals surface area contributed by atoms with Gasteiger partial charge in [0, 0.05) is 18.8 Å². The molecule has 2 nitrogen and oxygen atoms in total. The number of hydrogen-bond acceptors (Lipinski definition) is 2. The van der Waals surface area contributed by atoms with Gasteiger partial charge in [-0.25, -0.2) is 9.97 Å². The van der Waals surface area contributed by atoms with Crippen LogP contribution in [0.3, 0.4) is 0 Å². The van der Waals surface area contributed by atoms with Gasteiger partial charge in [0.25, 0.3) is 0 Å². The lowest BCUT2D eigenvalue weighted by Crippen LogP contribution is -2.11. The van der Waals surface area contributed by atoms with Gasteiger partial charge in [-0.2, -0.15) is 0 Å². The summed E-state index contributed by atoms with van der Waals surface area (Å²) in [6.07, 6.45) is 5.33. The predicted molar refractivity (Wildman–Crippen MR) is 55.2 cm³/mol. The van der Waals surface area contributed by atoms with Crippen molar-refractivity contribution in [3.8, 4) is 0 Å². The third-order valence-corrected chi connectivity index (χ3v) is 1.82. The van der Waals surface area contributed by atoms with E-state index in [-0.39, 0.29) is 0 Å². The molecule has 13 heavy (non-hydrogen) atoms. The molecule has 0 aromatic carbocycles. The molecule has 0 bridgehead atoms. The molecule has 0 aliphatic heterocycles. The fourth-order valence-electron chi connectivity index (χ4n) is 0.981. The summed E-state index contributed by atoms with van der Waals surface area (Å²) >= 11 is 0. The SMILES string of the molecule is [B]c1cnc(CCC(C)(C)C)nc1. The topological polar surface area (TPSA) is 25.8 Å². The summed E-state index contributed by atoms with van der Waals surface area (Å²) in [7, 11) is 5.48. The highest BCUT2D eigenvalue weighted by atomic mass is 14.8. The van der Waals surface area contributed by atoms with E-state index in [1.165, 1.54) is 0 Å². The summed E-state index contributed by atoms with van der Waals surface area (Å²) in [4.78, 5) is 8.29.